The summed E-state index contributed by atoms with van der Waals surface area (Å²) in [5.41, 5.74) is 1.53. The van der Waals surface area contributed by atoms with E-state index >= 15 is 0 Å². The summed E-state index contributed by atoms with van der Waals surface area (Å²) in [6.07, 6.45) is 4.24. The van der Waals surface area contributed by atoms with Gasteiger partial charge in [-0.25, -0.2) is 0 Å². The predicted molar refractivity (Wildman–Crippen MR) is 62.8 cm³/mol. The zero-order valence-corrected chi connectivity index (χ0v) is 10.5. The summed E-state index contributed by atoms with van der Waals surface area (Å²) in [6.45, 7) is 4.43. The van der Waals surface area contributed by atoms with E-state index in [9.17, 15) is 0 Å². The van der Waals surface area contributed by atoms with E-state index in [1.165, 1.54) is 34.6 Å². The summed E-state index contributed by atoms with van der Waals surface area (Å²) in [4.78, 5) is 3.55. The third-order valence-corrected chi connectivity index (χ3v) is 5.16. The van der Waals surface area contributed by atoms with E-state index in [2.05, 4.69) is 35.8 Å². The standard InChI is InChI=1S/C11H15BrS/c1-7-6-10(8(2)13-7)11(12)9-4-3-5-9/h6,9,11H,3-5H2,1-2H3. The summed E-state index contributed by atoms with van der Waals surface area (Å²) in [5.74, 6) is 0.896. The monoisotopic (exact) mass is 258 g/mol. The van der Waals surface area contributed by atoms with Crippen LogP contribution in [0.1, 0.15) is 39.4 Å². The molecule has 0 aliphatic heterocycles. The van der Waals surface area contributed by atoms with Crippen LogP contribution in [0.15, 0.2) is 6.07 Å². The van der Waals surface area contributed by atoms with Gasteiger partial charge < -0.3 is 0 Å². The first-order chi connectivity index (χ1) is 6.18. The molecule has 1 aliphatic carbocycles. The SMILES string of the molecule is Cc1cc(C(Br)C2CCC2)c(C)s1. The van der Waals surface area contributed by atoms with Crippen LogP contribution >= 0.6 is 27.3 Å². The quantitative estimate of drug-likeness (QED) is 0.681. The van der Waals surface area contributed by atoms with Crippen LogP contribution < -0.4 is 0 Å². The van der Waals surface area contributed by atoms with Crippen molar-refractivity contribution < 1.29 is 0 Å². The van der Waals surface area contributed by atoms with Gasteiger partial charge in [-0.3, -0.25) is 0 Å². The van der Waals surface area contributed by atoms with Crippen LogP contribution in [-0.4, -0.2) is 0 Å². The Morgan fingerprint density at radius 2 is 2.15 bits per heavy atom. The second kappa shape index (κ2) is 3.74. The largest absolute Gasteiger partial charge is 0.146 e. The second-order valence-corrected chi connectivity index (χ2v) is 6.41. The molecule has 0 radical (unpaired) electrons. The van der Waals surface area contributed by atoms with Crippen molar-refractivity contribution in [2.24, 2.45) is 5.92 Å². The molecule has 0 amide bonds. The summed E-state index contributed by atoms with van der Waals surface area (Å²) < 4.78 is 0. The van der Waals surface area contributed by atoms with Crippen LogP contribution in [0.4, 0.5) is 0 Å². The number of thiophene rings is 1. The van der Waals surface area contributed by atoms with Crippen LogP contribution in [-0.2, 0) is 0 Å². The molecule has 0 nitrogen and oxygen atoms in total. The highest BCUT2D eigenvalue weighted by atomic mass is 79.9. The Morgan fingerprint density at radius 1 is 1.46 bits per heavy atom. The lowest BCUT2D eigenvalue weighted by molar-refractivity contribution is 0.312. The van der Waals surface area contributed by atoms with E-state index < -0.39 is 0 Å². The molecule has 13 heavy (non-hydrogen) atoms. The highest BCUT2D eigenvalue weighted by molar-refractivity contribution is 9.09. The van der Waals surface area contributed by atoms with Gasteiger partial charge in [-0.1, -0.05) is 22.4 Å². The molecule has 0 aromatic carbocycles. The highest BCUT2D eigenvalue weighted by Gasteiger charge is 2.27. The maximum absolute atomic E-state index is 3.83. The summed E-state index contributed by atoms with van der Waals surface area (Å²) in [7, 11) is 0. The molecule has 1 aromatic rings. The molecule has 1 atom stereocenters. The smallest absolute Gasteiger partial charge is 0.0434 e. The van der Waals surface area contributed by atoms with Gasteiger partial charge >= 0.3 is 0 Å². The van der Waals surface area contributed by atoms with E-state index in [1.54, 1.807) is 0 Å². The number of rotatable bonds is 2. The van der Waals surface area contributed by atoms with E-state index in [0.29, 0.717) is 4.83 Å². The molecule has 1 unspecified atom stereocenters. The maximum Gasteiger partial charge on any atom is 0.0434 e. The average molecular weight is 259 g/mol. The van der Waals surface area contributed by atoms with Crippen LogP contribution in [0.3, 0.4) is 0 Å². The van der Waals surface area contributed by atoms with Gasteiger partial charge in [0.15, 0.2) is 0 Å². The second-order valence-electron chi connectivity index (χ2n) is 3.96. The Balaban J connectivity index is 2.18. The number of alkyl halides is 1. The van der Waals surface area contributed by atoms with Crippen LogP contribution in [0.25, 0.3) is 0 Å². The molecule has 0 saturated heterocycles. The molecule has 1 aliphatic rings. The molecule has 72 valence electrons. The van der Waals surface area contributed by atoms with Crippen molar-refractivity contribution in [3.05, 3.63) is 21.4 Å². The van der Waals surface area contributed by atoms with Gasteiger partial charge in [0.1, 0.15) is 0 Å². The number of halogens is 1. The van der Waals surface area contributed by atoms with E-state index in [0.717, 1.165) is 5.92 Å². The Morgan fingerprint density at radius 3 is 2.54 bits per heavy atom. The molecular weight excluding hydrogens is 244 g/mol. The van der Waals surface area contributed by atoms with Crippen molar-refractivity contribution in [1.82, 2.24) is 0 Å². The topological polar surface area (TPSA) is 0 Å². The van der Waals surface area contributed by atoms with Crippen molar-refractivity contribution in [3.63, 3.8) is 0 Å². The Hall–Kier alpha value is 0.180. The lowest BCUT2D eigenvalue weighted by Crippen LogP contribution is -2.16. The Kier molecular flexibility index (Phi) is 2.80. The van der Waals surface area contributed by atoms with Gasteiger partial charge in [0.2, 0.25) is 0 Å². The molecule has 1 fully saturated rings. The fourth-order valence-electron chi connectivity index (χ4n) is 1.91. The van der Waals surface area contributed by atoms with Gasteiger partial charge in [-0.2, -0.15) is 0 Å². The summed E-state index contributed by atoms with van der Waals surface area (Å²) in [6, 6.07) is 2.34. The first kappa shape index (κ1) is 9.72. The lowest BCUT2D eigenvalue weighted by atomic mass is 9.81. The van der Waals surface area contributed by atoms with Crippen molar-refractivity contribution in [2.45, 2.75) is 37.9 Å². The fraction of sp³-hybridized carbons (Fsp3) is 0.636. The first-order valence-corrected chi connectivity index (χ1v) is 6.62. The highest BCUT2D eigenvalue weighted by Crippen LogP contribution is 2.45. The predicted octanol–water partition coefficient (Wildman–Crippen LogP) is 4.60. The Bertz CT molecular complexity index is 299. The molecule has 0 N–H and O–H groups in total. The molecule has 1 aromatic heterocycles. The van der Waals surface area contributed by atoms with Gasteiger partial charge in [0.05, 0.1) is 0 Å². The van der Waals surface area contributed by atoms with Crippen molar-refractivity contribution in [3.8, 4) is 0 Å². The third kappa shape index (κ3) is 1.84. The summed E-state index contributed by atoms with van der Waals surface area (Å²) >= 11 is 5.75. The van der Waals surface area contributed by atoms with Crippen LogP contribution in [0.5, 0.6) is 0 Å². The minimum absolute atomic E-state index is 0.617. The zero-order chi connectivity index (χ0) is 9.42. The van der Waals surface area contributed by atoms with Gasteiger partial charge in [-0.05, 0) is 44.2 Å². The van der Waals surface area contributed by atoms with Gasteiger partial charge in [0.25, 0.3) is 0 Å². The van der Waals surface area contributed by atoms with E-state index in [4.69, 9.17) is 0 Å². The van der Waals surface area contributed by atoms with Crippen molar-refractivity contribution in [1.29, 1.82) is 0 Å². The number of hydrogen-bond donors (Lipinski definition) is 0. The van der Waals surface area contributed by atoms with Crippen molar-refractivity contribution >= 4 is 27.3 Å². The van der Waals surface area contributed by atoms with E-state index in [1.807, 2.05) is 11.3 Å². The molecule has 0 bridgehead atoms. The van der Waals surface area contributed by atoms with E-state index in [-0.39, 0.29) is 0 Å². The molecule has 0 spiro atoms. The van der Waals surface area contributed by atoms with Gasteiger partial charge in [0, 0.05) is 14.6 Å². The molecule has 1 heterocycles. The molecule has 1 saturated carbocycles. The molecule has 2 rings (SSSR count). The van der Waals surface area contributed by atoms with Crippen LogP contribution in [0.2, 0.25) is 0 Å². The molecular formula is C11H15BrS. The lowest BCUT2D eigenvalue weighted by Gasteiger charge is -2.30. The zero-order valence-electron chi connectivity index (χ0n) is 8.14. The minimum atomic E-state index is 0.617. The number of hydrogen-bond acceptors (Lipinski definition) is 1. The third-order valence-electron chi connectivity index (χ3n) is 2.94. The first-order valence-electron chi connectivity index (χ1n) is 4.89. The molecule has 2 heteroatoms. The fourth-order valence-corrected chi connectivity index (χ4v) is 4.04. The number of aryl methyl sites for hydroxylation is 2. The van der Waals surface area contributed by atoms with Crippen LogP contribution in [0, 0.1) is 19.8 Å². The van der Waals surface area contributed by atoms with Crippen molar-refractivity contribution in [2.75, 3.05) is 0 Å². The average Bonchev–Trinajstić information content (AvgIpc) is 2.26. The van der Waals surface area contributed by atoms with Gasteiger partial charge in [-0.15, -0.1) is 11.3 Å². The summed E-state index contributed by atoms with van der Waals surface area (Å²) in [5, 5.41) is 0. The Labute approximate surface area is 92.5 Å². The normalized spacial score (nSPS) is 19.9. The minimum Gasteiger partial charge on any atom is -0.146 e. The maximum atomic E-state index is 3.83.